The van der Waals surface area contributed by atoms with Crippen LogP contribution in [0.2, 0.25) is 0 Å². The van der Waals surface area contributed by atoms with E-state index >= 15 is 0 Å². The Morgan fingerprint density at radius 1 is 1.00 bits per heavy atom. The first-order valence-corrected chi connectivity index (χ1v) is 11.7. The number of fused-ring (bicyclic) bond motifs is 5. The van der Waals surface area contributed by atoms with Gasteiger partial charge in [0.2, 0.25) is 0 Å². The van der Waals surface area contributed by atoms with Crippen molar-refractivity contribution in [1.82, 2.24) is 13.7 Å². The van der Waals surface area contributed by atoms with E-state index in [0.717, 1.165) is 4.57 Å². The Kier molecular flexibility index (Phi) is 4.84. The number of hydrogen-bond acceptors (Lipinski definition) is 6. The molecule has 9 nitrogen and oxygen atoms in total. The van der Waals surface area contributed by atoms with Gasteiger partial charge in [0, 0.05) is 14.1 Å². The van der Waals surface area contributed by atoms with Crippen molar-refractivity contribution in [3.05, 3.63) is 103 Å². The number of halogens is 1. The van der Waals surface area contributed by atoms with Crippen LogP contribution in [-0.4, -0.2) is 19.7 Å². The highest BCUT2D eigenvalue weighted by Gasteiger charge is 2.37. The Balaban J connectivity index is 1.87. The molecule has 1 atom stereocenters. The number of carbonyl (C=O) groups is 1. The van der Waals surface area contributed by atoms with Crippen molar-refractivity contribution in [3.63, 3.8) is 0 Å². The van der Waals surface area contributed by atoms with Gasteiger partial charge in [0.1, 0.15) is 5.75 Å². The molecule has 6 rings (SSSR count). The minimum Gasteiger partial charge on any atom is -0.545 e. The Hall–Kier alpha value is -4.31. The van der Waals surface area contributed by atoms with Gasteiger partial charge in [0.25, 0.3) is 5.56 Å². The predicted octanol–water partition coefficient (Wildman–Crippen LogP) is 2.90. The monoisotopic (exact) mass is 546 g/mol. The average molecular weight is 547 g/mol. The average Bonchev–Trinajstić information content (AvgIpc) is 3.48. The highest BCUT2D eigenvalue weighted by molar-refractivity contribution is 9.10. The molecule has 10 heteroatoms. The van der Waals surface area contributed by atoms with E-state index in [9.17, 15) is 19.5 Å². The summed E-state index contributed by atoms with van der Waals surface area (Å²) in [5.41, 5.74) is 1.40. The molecule has 0 unspecified atom stereocenters. The van der Waals surface area contributed by atoms with Crippen LogP contribution in [-0.2, 0) is 14.1 Å². The molecule has 0 N–H and O–H groups in total. The lowest BCUT2D eigenvalue weighted by atomic mass is 10.1. The lowest BCUT2D eigenvalue weighted by Gasteiger charge is -2.29. The third-order valence-corrected chi connectivity index (χ3v) is 6.86. The second kappa shape index (κ2) is 7.85. The number of carbonyl (C=O) groups excluding carboxylic acids is 1. The molecule has 0 amide bonds. The summed E-state index contributed by atoms with van der Waals surface area (Å²) in [5.74, 6) is -0.535. The number of aryl methyl sites for hydroxylation is 1. The van der Waals surface area contributed by atoms with Gasteiger partial charge >= 0.3 is 5.69 Å². The molecule has 0 saturated heterocycles. The zero-order valence-corrected chi connectivity index (χ0v) is 20.6. The third kappa shape index (κ3) is 3.04. The molecule has 36 heavy (non-hydrogen) atoms. The van der Waals surface area contributed by atoms with Crippen LogP contribution >= 0.6 is 15.9 Å². The third-order valence-electron chi connectivity index (χ3n) is 6.44. The first-order valence-electron chi connectivity index (χ1n) is 10.9. The Bertz CT molecular complexity index is 1830. The Morgan fingerprint density at radius 2 is 1.75 bits per heavy atom. The van der Waals surface area contributed by atoms with Gasteiger partial charge in [0.05, 0.1) is 33.9 Å². The maximum absolute atomic E-state index is 13.6. The van der Waals surface area contributed by atoms with Gasteiger partial charge in [-0.25, -0.2) is 4.79 Å². The summed E-state index contributed by atoms with van der Waals surface area (Å²) in [6, 6.07) is 17.1. The SMILES string of the molecule is Cn1c(=O)c2c(-c3ccccc3)n3c(c2n(C)c1=O)[C@H](c1ccc(Br)o1)Oc1ccc(C(=O)[O-])cc1-3. The van der Waals surface area contributed by atoms with Gasteiger partial charge in [-0.1, -0.05) is 30.3 Å². The smallest absolute Gasteiger partial charge is 0.331 e. The fourth-order valence-corrected chi connectivity index (χ4v) is 5.14. The number of nitrogens with zero attached hydrogens (tertiary/aromatic N) is 3. The van der Waals surface area contributed by atoms with E-state index in [1.165, 1.54) is 23.7 Å². The molecular formula is C26H17BrN3O6-. The largest absolute Gasteiger partial charge is 0.545 e. The van der Waals surface area contributed by atoms with E-state index in [4.69, 9.17) is 9.15 Å². The predicted molar refractivity (Wildman–Crippen MR) is 132 cm³/mol. The molecule has 0 saturated carbocycles. The zero-order chi connectivity index (χ0) is 25.3. The van der Waals surface area contributed by atoms with Gasteiger partial charge in [-0.05, 0) is 57.4 Å². The van der Waals surface area contributed by atoms with Crippen LogP contribution in [0.3, 0.4) is 0 Å². The summed E-state index contributed by atoms with van der Waals surface area (Å²) in [5, 5.41) is 12.0. The minimum atomic E-state index is -1.35. The number of aromatic carboxylic acids is 1. The van der Waals surface area contributed by atoms with Crippen molar-refractivity contribution in [3.8, 4) is 22.7 Å². The van der Waals surface area contributed by atoms with Crippen molar-refractivity contribution in [2.75, 3.05) is 0 Å². The number of carboxylic acids is 1. The summed E-state index contributed by atoms with van der Waals surface area (Å²) >= 11 is 3.33. The second-order valence-corrected chi connectivity index (χ2v) is 9.26. The summed E-state index contributed by atoms with van der Waals surface area (Å²) in [7, 11) is 3.01. The highest BCUT2D eigenvalue weighted by Crippen LogP contribution is 2.47. The summed E-state index contributed by atoms with van der Waals surface area (Å²) in [6.45, 7) is 0. The maximum atomic E-state index is 13.6. The molecule has 2 aromatic carbocycles. The first-order chi connectivity index (χ1) is 17.3. The van der Waals surface area contributed by atoms with Crippen LogP contribution in [0.5, 0.6) is 5.75 Å². The van der Waals surface area contributed by atoms with Gasteiger partial charge < -0.3 is 23.6 Å². The van der Waals surface area contributed by atoms with Crippen molar-refractivity contribution in [1.29, 1.82) is 0 Å². The van der Waals surface area contributed by atoms with Crippen LogP contribution in [0.15, 0.2) is 79.3 Å². The van der Waals surface area contributed by atoms with Crippen LogP contribution in [0, 0.1) is 0 Å². The Morgan fingerprint density at radius 3 is 2.42 bits per heavy atom. The highest BCUT2D eigenvalue weighted by atomic mass is 79.9. The lowest BCUT2D eigenvalue weighted by molar-refractivity contribution is -0.255. The quantitative estimate of drug-likeness (QED) is 0.344. The molecule has 180 valence electrons. The van der Waals surface area contributed by atoms with Crippen LogP contribution < -0.4 is 21.1 Å². The van der Waals surface area contributed by atoms with Crippen LogP contribution in [0.25, 0.3) is 27.8 Å². The maximum Gasteiger partial charge on any atom is 0.331 e. The molecule has 0 aliphatic carbocycles. The van der Waals surface area contributed by atoms with Gasteiger partial charge in [-0.2, -0.15) is 0 Å². The number of carboxylic acid groups (broad SMARTS) is 1. The second-order valence-electron chi connectivity index (χ2n) is 8.47. The van der Waals surface area contributed by atoms with E-state index in [2.05, 4.69) is 15.9 Å². The van der Waals surface area contributed by atoms with E-state index in [-0.39, 0.29) is 5.56 Å². The topological polar surface area (TPSA) is 111 Å². The standard InChI is InChI=1S/C26H18BrN3O6/c1-28-21-19(24(31)29(2)26(28)34)20(13-6-4-3-5-7-13)30-15-12-14(25(32)33)8-9-16(15)36-23(22(21)30)17-10-11-18(27)35-17/h3-12,23H,1-2H3,(H,32,33)/p-1/t23-/m0/s1. The van der Waals surface area contributed by atoms with Crippen molar-refractivity contribution >= 4 is 32.8 Å². The number of furan rings is 1. The van der Waals surface area contributed by atoms with E-state index in [1.807, 2.05) is 30.3 Å². The molecule has 4 heterocycles. The molecule has 5 aromatic rings. The fourth-order valence-electron chi connectivity index (χ4n) is 4.82. The summed E-state index contributed by atoms with van der Waals surface area (Å²) < 4.78 is 16.9. The zero-order valence-electron chi connectivity index (χ0n) is 19.0. The number of benzene rings is 2. The molecule has 0 fully saturated rings. The van der Waals surface area contributed by atoms with Crippen LogP contribution in [0.1, 0.15) is 27.9 Å². The number of rotatable bonds is 3. The number of ether oxygens (including phenoxy) is 1. The molecule has 1 aliphatic heterocycles. The molecule has 1 aliphatic rings. The van der Waals surface area contributed by atoms with E-state index < -0.39 is 23.3 Å². The van der Waals surface area contributed by atoms with Gasteiger partial charge in [-0.3, -0.25) is 13.9 Å². The van der Waals surface area contributed by atoms with E-state index in [1.54, 1.807) is 29.8 Å². The number of hydrogen-bond donors (Lipinski definition) is 0. The molecular weight excluding hydrogens is 530 g/mol. The summed E-state index contributed by atoms with van der Waals surface area (Å²) in [6.07, 6.45) is -0.838. The first kappa shape index (κ1) is 22.2. The van der Waals surface area contributed by atoms with Crippen LogP contribution in [0.4, 0.5) is 0 Å². The lowest BCUT2D eigenvalue weighted by Crippen LogP contribution is -2.37. The normalized spacial score (nSPS) is 14.4. The molecule has 0 spiro atoms. The molecule has 0 bridgehead atoms. The Labute approximate surface area is 211 Å². The fraction of sp³-hybridized carbons (Fsp3) is 0.115. The van der Waals surface area contributed by atoms with E-state index in [0.29, 0.717) is 49.7 Å². The number of aromatic nitrogens is 3. The summed E-state index contributed by atoms with van der Waals surface area (Å²) in [4.78, 5) is 38.4. The van der Waals surface area contributed by atoms with Gasteiger partial charge in [0.15, 0.2) is 16.5 Å². The minimum absolute atomic E-state index is 0.0546. The van der Waals surface area contributed by atoms with Crippen molar-refractivity contribution < 1.29 is 19.1 Å². The molecule has 0 radical (unpaired) electrons. The molecule has 3 aromatic heterocycles. The van der Waals surface area contributed by atoms with Crippen molar-refractivity contribution in [2.24, 2.45) is 14.1 Å². The van der Waals surface area contributed by atoms with Crippen molar-refractivity contribution in [2.45, 2.75) is 6.10 Å². The van der Waals surface area contributed by atoms with Gasteiger partial charge in [-0.15, -0.1) is 0 Å².